The van der Waals surface area contributed by atoms with Gasteiger partial charge in [0, 0.05) is 19.3 Å². The first kappa shape index (κ1) is 75.5. The molecule has 0 amide bonds. The predicted octanol–water partition coefficient (Wildman–Crippen LogP) is 22.4. The molecule has 0 radical (unpaired) electrons. The van der Waals surface area contributed by atoms with Gasteiger partial charge in [-0.25, -0.2) is 0 Å². The molecule has 0 bridgehead atoms. The van der Waals surface area contributed by atoms with Crippen molar-refractivity contribution in [2.45, 2.75) is 258 Å². The Balaban J connectivity index is 4.34. The van der Waals surface area contributed by atoms with Gasteiger partial charge >= 0.3 is 17.9 Å². The molecule has 0 aromatic heterocycles. The molecule has 0 saturated carbocycles. The normalized spacial score (nSPS) is 13.4. The number of esters is 3. The molecule has 0 aliphatic rings. The number of unbranched alkanes of at least 4 members (excludes halogenated alkanes) is 15. The van der Waals surface area contributed by atoms with Crippen LogP contribution in [-0.4, -0.2) is 37.2 Å². The lowest BCUT2D eigenvalue weighted by Gasteiger charge is -2.18. The Hall–Kier alpha value is -5.49. The lowest BCUT2D eigenvalue weighted by Crippen LogP contribution is -2.30. The Kier molecular flexibility index (Phi) is 62.5. The summed E-state index contributed by atoms with van der Waals surface area (Å²) in [7, 11) is 0. The number of carbonyl (C=O) groups excluding carboxylic acids is 3. The zero-order valence-electron chi connectivity index (χ0n) is 51.7. The summed E-state index contributed by atoms with van der Waals surface area (Å²) < 4.78 is 16.8. The van der Waals surface area contributed by atoms with Crippen LogP contribution in [0.2, 0.25) is 0 Å². The van der Waals surface area contributed by atoms with E-state index >= 15 is 0 Å². The Morgan fingerprint density at radius 3 is 0.765 bits per heavy atom. The molecule has 1 unspecified atom stereocenters. The third-order valence-corrected chi connectivity index (χ3v) is 12.9. The summed E-state index contributed by atoms with van der Waals surface area (Å²) in [5.41, 5.74) is 0. The van der Waals surface area contributed by atoms with Gasteiger partial charge in [0.25, 0.3) is 0 Å². The van der Waals surface area contributed by atoms with E-state index in [1.54, 1.807) is 0 Å². The van der Waals surface area contributed by atoms with E-state index in [0.29, 0.717) is 12.8 Å². The fourth-order valence-electron chi connectivity index (χ4n) is 8.19. The molecule has 81 heavy (non-hydrogen) atoms. The molecular formula is C75H116O6. The van der Waals surface area contributed by atoms with Crippen LogP contribution < -0.4 is 0 Å². The summed E-state index contributed by atoms with van der Waals surface area (Å²) in [5, 5.41) is 0. The van der Waals surface area contributed by atoms with E-state index in [9.17, 15) is 14.4 Å². The number of rotatable bonds is 56. The first-order valence-electron chi connectivity index (χ1n) is 32.3. The lowest BCUT2D eigenvalue weighted by atomic mass is 10.0. The van der Waals surface area contributed by atoms with Crippen molar-refractivity contribution in [1.82, 2.24) is 0 Å². The molecule has 0 fully saturated rings. The summed E-state index contributed by atoms with van der Waals surface area (Å²) in [6, 6.07) is 0. The zero-order chi connectivity index (χ0) is 58.5. The van der Waals surface area contributed by atoms with E-state index < -0.39 is 6.10 Å². The van der Waals surface area contributed by atoms with Crippen molar-refractivity contribution in [3.8, 4) is 0 Å². The summed E-state index contributed by atoms with van der Waals surface area (Å²) in [5.74, 6) is -1.04. The largest absolute Gasteiger partial charge is 0.462 e. The summed E-state index contributed by atoms with van der Waals surface area (Å²) in [4.78, 5) is 38.2. The first-order valence-corrected chi connectivity index (χ1v) is 32.3. The molecule has 0 aliphatic carbocycles. The Morgan fingerprint density at radius 1 is 0.247 bits per heavy atom. The summed E-state index contributed by atoms with van der Waals surface area (Å²) in [6.45, 7) is 6.20. The van der Waals surface area contributed by atoms with Crippen molar-refractivity contribution >= 4 is 17.9 Å². The molecule has 0 aromatic rings. The molecule has 0 aromatic carbocycles. The molecule has 0 saturated heterocycles. The van der Waals surface area contributed by atoms with Gasteiger partial charge < -0.3 is 14.2 Å². The molecule has 0 aliphatic heterocycles. The SMILES string of the molecule is CC/C=C\C/C=C\C/C=C\C/C=C\C/C=C\C/C=C\C/C=C\CCCCCCCCCCCCCC(=O)OCC(COC(=O)CC/C=C\C/C=C\C/C=C\C/C=C\CC)OC(=O)CCCCCC/C=C\C/C=C\C/C=C\C/C=C\CC. The highest BCUT2D eigenvalue weighted by Gasteiger charge is 2.19. The van der Waals surface area contributed by atoms with Crippen LogP contribution in [0.5, 0.6) is 0 Å². The maximum absolute atomic E-state index is 12.9. The van der Waals surface area contributed by atoms with E-state index in [-0.39, 0.29) is 44.0 Å². The van der Waals surface area contributed by atoms with Crippen molar-refractivity contribution in [3.63, 3.8) is 0 Å². The summed E-state index contributed by atoms with van der Waals surface area (Å²) >= 11 is 0. The average Bonchev–Trinajstić information content (AvgIpc) is 3.46. The number of hydrogen-bond acceptors (Lipinski definition) is 6. The maximum atomic E-state index is 12.9. The molecule has 0 N–H and O–H groups in total. The van der Waals surface area contributed by atoms with Gasteiger partial charge in [0.2, 0.25) is 0 Å². The van der Waals surface area contributed by atoms with Crippen molar-refractivity contribution < 1.29 is 28.6 Å². The van der Waals surface area contributed by atoms with Crippen molar-refractivity contribution in [1.29, 1.82) is 0 Å². The standard InChI is InChI=1S/C75H116O6/c1-4-7-10-13-16-19-22-25-27-29-30-31-32-33-34-35-36-37-38-39-40-41-42-43-44-46-47-50-53-56-59-62-65-68-74(77)80-71-72(70-79-73(76)67-64-61-58-55-52-49-24-21-18-15-12-9-6-3)81-75(78)69-66-63-60-57-54-51-48-45-28-26-23-20-17-14-11-8-5-2/h7-12,16-21,25-28,30-31,33-34,36-37,39-40,48-49,51-52,58,61,72H,4-6,13-15,22-24,29,32,35,38,41-47,50,53-57,59-60,62-71H2,1-3H3/b10-7-,11-8-,12-9-,19-16-,20-17-,21-18-,27-25-,28-26-,31-30-,34-33-,37-36-,40-39-,51-48-,52-49-,61-58-. The van der Waals surface area contributed by atoms with E-state index in [0.717, 1.165) is 148 Å². The highest BCUT2D eigenvalue weighted by molar-refractivity contribution is 5.71. The van der Waals surface area contributed by atoms with E-state index in [2.05, 4.69) is 191 Å². The van der Waals surface area contributed by atoms with Gasteiger partial charge in [-0.05, 0) is 141 Å². The second-order valence-corrected chi connectivity index (χ2v) is 20.5. The topological polar surface area (TPSA) is 78.9 Å². The van der Waals surface area contributed by atoms with Crippen LogP contribution in [0, 0.1) is 0 Å². The van der Waals surface area contributed by atoms with Crippen molar-refractivity contribution in [3.05, 3.63) is 182 Å². The summed E-state index contributed by atoms with van der Waals surface area (Å²) in [6.07, 6.45) is 101. The second-order valence-electron chi connectivity index (χ2n) is 20.5. The lowest BCUT2D eigenvalue weighted by molar-refractivity contribution is -0.166. The van der Waals surface area contributed by atoms with Gasteiger partial charge in [-0.3, -0.25) is 14.4 Å². The average molecular weight is 1110 g/mol. The quantitative estimate of drug-likeness (QED) is 0.0261. The van der Waals surface area contributed by atoms with Gasteiger partial charge in [0.15, 0.2) is 6.10 Å². The fourth-order valence-corrected chi connectivity index (χ4v) is 8.19. The highest BCUT2D eigenvalue weighted by atomic mass is 16.6. The minimum Gasteiger partial charge on any atom is -0.462 e. The Bertz CT molecular complexity index is 1900. The van der Waals surface area contributed by atoms with Crippen molar-refractivity contribution in [2.24, 2.45) is 0 Å². The van der Waals surface area contributed by atoms with Gasteiger partial charge in [-0.15, -0.1) is 0 Å². The zero-order valence-corrected chi connectivity index (χ0v) is 51.7. The van der Waals surface area contributed by atoms with E-state index in [1.807, 2.05) is 12.2 Å². The maximum Gasteiger partial charge on any atom is 0.306 e. The van der Waals surface area contributed by atoms with Gasteiger partial charge in [-0.1, -0.05) is 274 Å². The van der Waals surface area contributed by atoms with Crippen LogP contribution in [0.25, 0.3) is 0 Å². The van der Waals surface area contributed by atoms with Crippen LogP contribution in [0.4, 0.5) is 0 Å². The van der Waals surface area contributed by atoms with Crippen molar-refractivity contribution in [2.75, 3.05) is 13.2 Å². The van der Waals surface area contributed by atoms with Gasteiger partial charge in [0.1, 0.15) is 13.2 Å². The van der Waals surface area contributed by atoms with Crippen LogP contribution >= 0.6 is 0 Å². The second kappa shape index (κ2) is 67.0. The third kappa shape index (κ3) is 65.2. The predicted molar refractivity (Wildman–Crippen MR) is 352 cm³/mol. The van der Waals surface area contributed by atoms with Gasteiger partial charge in [-0.2, -0.15) is 0 Å². The molecule has 1 atom stereocenters. The molecular weight excluding hydrogens is 997 g/mol. The molecule has 6 nitrogen and oxygen atoms in total. The van der Waals surface area contributed by atoms with Crippen LogP contribution in [0.3, 0.4) is 0 Å². The third-order valence-electron chi connectivity index (χ3n) is 12.9. The fraction of sp³-hybridized carbons (Fsp3) is 0.560. The number of carbonyl (C=O) groups is 3. The number of ether oxygens (including phenoxy) is 3. The molecule has 0 spiro atoms. The molecule has 452 valence electrons. The number of hydrogen-bond donors (Lipinski definition) is 0. The Morgan fingerprint density at radius 2 is 0.469 bits per heavy atom. The van der Waals surface area contributed by atoms with Gasteiger partial charge in [0.05, 0.1) is 0 Å². The van der Waals surface area contributed by atoms with Crippen LogP contribution in [0.1, 0.15) is 252 Å². The van der Waals surface area contributed by atoms with E-state index in [4.69, 9.17) is 14.2 Å². The molecule has 0 rings (SSSR count). The minimum absolute atomic E-state index is 0.120. The van der Waals surface area contributed by atoms with E-state index in [1.165, 1.54) is 57.8 Å². The van der Waals surface area contributed by atoms with Crippen LogP contribution in [0.15, 0.2) is 182 Å². The first-order chi connectivity index (χ1) is 40.0. The Labute approximate surface area is 497 Å². The molecule has 0 heterocycles. The highest BCUT2D eigenvalue weighted by Crippen LogP contribution is 2.14. The molecule has 6 heteroatoms. The van der Waals surface area contributed by atoms with Crippen LogP contribution in [-0.2, 0) is 28.6 Å². The smallest absolute Gasteiger partial charge is 0.306 e. The number of allylic oxidation sites excluding steroid dienone is 30. The monoisotopic (exact) mass is 1110 g/mol. The minimum atomic E-state index is -0.831.